The Morgan fingerprint density at radius 1 is 1.04 bits per heavy atom. The van der Waals surface area contributed by atoms with Crippen LogP contribution in [0.5, 0.6) is 5.75 Å². The third-order valence-electron chi connectivity index (χ3n) is 3.79. The van der Waals surface area contributed by atoms with Gasteiger partial charge in [-0.05, 0) is 43.7 Å². The molecule has 0 bridgehead atoms. The number of amides is 2. The second-order valence-electron chi connectivity index (χ2n) is 6.41. The van der Waals surface area contributed by atoms with Crippen molar-refractivity contribution in [2.24, 2.45) is 0 Å². The first-order valence-electron chi connectivity index (χ1n) is 8.80. The van der Waals surface area contributed by atoms with Gasteiger partial charge in [0.2, 0.25) is 11.8 Å². The van der Waals surface area contributed by atoms with Crippen molar-refractivity contribution in [1.29, 1.82) is 0 Å². The fourth-order valence-corrected chi connectivity index (χ4v) is 2.54. The van der Waals surface area contributed by atoms with E-state index in [-0.39, 0.29) is 24.3 Å². The van der Waals surface area contributed by atoms with Crippen LogP contribution < -0.4 is 15.0 Å². The molecule has 0 aromatic heterocycles. The van der Waals surface area contributed by atoms with Crippen LogP contribution in [0.2, 0.25) is 0 Å². The molecule has 2 aromatic rings. The van der Waals surface area contributed by atoms with Crippen molar-refractivity contribution in [1.82, 2.24) is 5.32 Å². The van der Waals surface area contributed by atoms with Crippen molar-refractivity contribution in [3.63, 3.8) is 0 Å². The average molecular weight is 354 g/mol. The highest BCUT2D eigenvalue weighted by atomic mass is 16.5. The largest absolute Gasteiger partial charge is 0.489 e. The van der Waals surface area contributed by atoms with E-state index in [0.29, 0.717) is 13.2 Å². The molecule has 0 aliphatic heterocycles. The lowest BCUT2D eigenvalue weighted by Crippen LogP contribution is -2.36. The fraction of sp³-hybridized carbons (Fsp3) is 0.333. The third-order valence-corrected chi connectivity index (χ3v) is 3.79. The summed E-state index contributed by atoms with van der Waals surface area (Å²) in [5.41, 5.74) is 1.85. The Balaban J connectivity index is 1.94. The van der Waals surface area contributed by atoms with Crippen LogP contribution in [-0.2, 0) is 16.2 Å². The highest BCUT2D eigenvalue weighted by Crippen LogP contribution is 2.21. The fourth-order valence-electron chi connectivity index (χ4n) is 2.54. The minimum absolute atomic E-state index is 0.0611. The van der Waals surface area contributed by atoms with Crippen molar-refractivity contribution in [2.45, 2.75) is 39.8 Å². The molecule has 0 aliphatic rings. The van der Waals surface area contributed by atoms with Crippen molar-refractivity contribution in [2.75, 3.05) is 11.4 Å². The quantitative estimate of drug-likeness (QED) is 0.789. The number of hydrogen-bond donors (Lipinski definition) is 1. The van der Waals surface area contributed by atoms with E-state index in [2.05, 4.69) is 5.32 Å². The first-order valence-corrected chi connectivity index (χ1v) is 8.80. The summed E-state index contributed by atoms with van der Waals surface area (Å²) in [5, 5.41) is 2.83. The first-order chi connectivity index (χ1) is 12.5. The number of anilines is 1. The number of nitrogens with one attached hydrogen (secondary N) is 1. The van der Waals surface area contributed by atoms with E-state index in [0.717, 1.165) is 17.0 Å². The van der Waals surface area contributed by atoms with Gasteiger partial charge in [0.1, 0.15) is 12.4 Å². The summed E-state index contributed by atoms with van der Waals surface area (Å²) >= 11 is 0. The Morgan fingerprint density at radius 2 is 1.69 bits per heavy atom. The molecular formula is C21H26N2O3. The normalized spacial score (nSPS) is 10.5. The minimum Gasteiger partial charge on any atom is -0.489 e. The van der Waals surface area contributed by atoms with Crippen LogP contribution in [0.15, 0.2) is 54.6 Å². The van der Waals surface area contributed by atoms with Gasteiger partial charge in [-0.25, -0.2) is 0 Å². The van der Waals surface area contributed by atoms with Crippen molar-refractivity contribution >= 4 is 17.5 Å². The zero-order valence-corrected chi connectivity index (χ0v) is 15.6. The van der Waals surface area contributed by atoms with E-state index in [1.54, 1.807) is 4.90 Å². The molecule has 0 spiro atoms. The van der Waals surface area contributed by atoms with Crippen LogP contribution in [0.4, 0.5) is 5.69 Å². The average Bonchev–Trinajstić information content (AvgIpc) is 2.61. The predicted molar refractivity (Wildman–Crippen MR) is 103 cm³/mol. The Morgan fingerprint density at radius 3 is 2.27 bits per heavy atom. The Labute approximate surface area is 155 Å². The summed E-state index contributed by atoms with van der Waals surface area (Å²) in [7, 11) is 0. The summed E-state index contributed by atoms with van der Waals surface area (Å²) in [4.78, 5) is 25.4. The molecule has 0 radical (unpaired) electrons. The highest BCUT2D eigenvalue weighted by Gasteiger charge is 2.14. The number of nitrogens with zero attached hydrogens (tertiary/aromatic N) is 1. The summed E-state index contributed by atoms with van der Waals surface area (Å²) in [6.45, 7) is 6.16. The predicted octanol–water partition coefficient (Wildman–Crippen LogP) is 3.53. The van der Waals surface area contributed by atoms with E-state index < -0.39 is 0 Å². The van der Waals surface area contributed by atoms with Gasteiger partial charge < -0.3 is 15.0 Å². The van der Waals surface area contributed by atoms with Gasteiger partial charge in [0.25, 0.3) is 0 Å². The maximum absolute atomic E-state index is 11.9. The molecule has 1 N–H and O–H groups in total. The zero-order valence-electron chi connectivity index (χ0n) is 15.6. The van der Waals surface area contributed by atoms with Gasteiger partial charge in [0, 0.05) is 31.6 Å². The van der Waals surface area contributed by atoms with Gasteiger partial charge in [-0.1, -0.05) is 30.3 Å². The molecule has 138 valence electrons. The second-order valence-corrected chi connectivity index (χ2v) is 6.41. The summed E-state index contributed by atoms with van der Waals surface area (Å²) in [6.07, 6.45) is 0.268. The van der Waals surface area contributed by atoms with E-state index in [4.69, 9.17) is 4.74 Å². The second kappa shape index (κ2) is 9.61. The molecule has 0 saturated heterocycles. The smallest absolute Gasteiger partial charge is 0.223 e. The van der Waals surface area contributed by atoms with Crippen molar-refractivity contribution in [3.05, 3.63) is 60.2 Å². The van der Waals surface area contributed by atoms with Crippen molar-refractivity contribution < 1.29 is 14.3 Å². The number of carbonyl (C=O) groups is 2. The van der Waals surface area contributed by atoms with E-state index in [1.807, 2.05) is 68.4 Å². The van der Waals surface area contributed by atoms with Crippen LogP contribution in [-0.4, -0.2) is 24.4 Å². The summed E-state index contributed by atoms with van der Waals surface area (Å²) in [6, 6.07) is 17.4. The number of benzene rings is 2. The van der Waals surface area contributed by atoms with Crippen LogP contribution in [0, 0.1) is 0 Å². The van der Waals surface area contributed by atoms with Crippen LogP contribution in [0.3, 0.4) is 0 Å². The standard InChI is InChI=1S/C21H26N2O3/c1-16(2)22-21(25)13-14-23(17(3)24)19-9-11-20(12-10-19)26-15-18-7-5-4-6-8-18/h4-12,16H,13-15H2,1-3H3,(H,22,25). The monoisotopic (exact) mass is 354 g/mol. The Bertz CT molecular complexity index is 712. The molecule has 0 aliphatic carbocycles. The van der Waals surface area contributed by atoms with E-state index >= 15 is 0 Å². The zero-order chi connectivity index (χ0) is 18.9. The molecule has 0 saturated carbocycles. The van der Waals surface area contributed by atoms with Gasteiger partial charge in [-0.15, -0.1) is 0 Å². The molecule has 2 amide bonds. The summed E-state index contributed by atoms with van der Waals surface area (Å²) < 4.78 is 5.76. The lowest BCUT2D eigenvalue weighted by Gasteiger charge is -2.21. The molecule has 26 heavy (non-hydrogen) atoms. The van der Waals surface area contributed by atoms with E-state index in [9.17, 15) is 9.59 Å². The Kier molecular flexibility index (Phi) is 7.21. The molecule has 0 heterocycles. The molecule has 0 fully saturated rings. The number of rotatable bonds is 8. The minimum atomic E-state index is -0.0969. The maximum atomic E-state index is 11.9. The Hall–Kier alpha value is -2.82. The van der Waals surface area contributed by atoms with Gasteiger partial charge >= 0.3 is 0 Å². The van der Waals surface area contributed by atoms with Gasteiger partial charge in [0.15, 0.2) is 0 Å². The lowest BCUT2D eigenvalue weighted by molar-refractivity contribution is -0.121. The van der Waals surface area contributed by atoms with Crippen LogP contribution in [0.25, 0.3) is 0 Å². The van der Waals surface area contributed by atoms with E-state index in [1.165, 1.54) is 6.92 Å². The molecule has 2 rings (SSSR count). The van der Waals surface area contributed by atoms with Gasteiger partial charge in [-0.3, -0.25) is 9.59 Å². The molecule has 5 nitrogen and oxygen atoms in total. The first kappa shape index (κ1) is 19.5. The van der Waals surface area contributed by atoms with Gasteiger partial charge in [-0.2, -0.15) is 0 Å². The maximum Gasteiger partial charge on any atom is 0.223 e. The molecular weight excluding hydrogens is 328 g/mol. The molecule has 0 unspecified atom stereocenters. The highest BCUT2D eigenvalue weighted by molar-refractivity contribution is 5.92. The van der Waals surface area contributed by atoms with Gasteiger partial charge in [0.05, 0.1) is 0 Å². The summed E-state index contributed by atoms with van der Waals surface area (Å²) in [5.74, 6) is 0.577. The molecule has 5 heteroatoms. The van der Waals surface area contributed by atoms with Crippen molar-refractivity contribution in [3.8, 4) is 5.75 Å². The van der Waals surface area contributed by atoms with Crippen LogP contribution in [0.1, 0.15) is 32.8 Å². The topological polar surface area (TPSA) is 58.6 Å². The number of carbonyl (C=O) groups excluding carboxylic acids is 2. The SMILES string of the molecule is CC(=O)N(CCC(=O)NC(C)C)c1ccc(OCc2ccccc2)cc1. The molecule has 2 aromatic carbocycles. The third kappa shape index (κ3) is 6.24. The lowest BCUT2D eigenvalue weighted by atomic mass is 10.2. The van der Waals surface area contributed by atoms with Crippen LogP contribution >= 0.6 is 0 Å². The molecule has 0 atom stereocenters. The number of hydrogen-bond acceptors (Lipinski definition) is 3. The number of ether oxygens (including phenoxy) is 1.